The lowest BCUT2D eigenvalue weighted by atomic mass is 10.2. The maximum Gasteiger partial charge on any atom is 0.239 e. The van der Waals surface area contributed by atoms with E-state index in [9.17, 15) is 4.21 Å². The zero-order valence-electron chi connectivity index (χ0n) is 12.6. The number of hydrogen-bond acceptors (Lipinski definition) is 6. The van der Waals surface area contributed by atoms with Gasteiger partial charge in [-0.2, -0.15) is 4.98 Å². The Hall–Kier alpha value is -2.41. The number of ether oxygens (including phenoxy) is 1. The number of aromatic nitrogens is 2. The second-order valence-corrected chi connectivity index (χ2v) is 6.47. The molecule has 0 aliphatic rings. The molecule has 0 aliphatic carbocycles. The van der Waals surface area contributed by atoms with Gasteiger partial charge in [-0.3, -0.25) is 4.21 Å². The lowest BCUT2D eigenvalue weighted by Crippen LogP contribution is -2.10. The number of nitrogens with zero attached hydrogens (tertiary/aromatic N) is 2. The molecule has 3 aromatic rings. The molecule has 0 unspecified atom stereocenters. The van der Waals surface area contributed by atoms with Crippen molar-refractivity contribution in [2.75, 3.05) is 12.4 Å². The Morgan fingerprint density at radius 2 is 2.09 bits per heavy atom. The van der Waals surface area contributed by atoms with Crippen LogP contribution in [0.25, 0.3) is 11.6 Å². The van der Waals surface area contributed by atoms with Gasteiger partial charge in [-0.1, -0.05) is 23.4 Å². The second kappa shape index (κ2) is 7.23. The summed E-state index contributed by atoms with van der Waals surface area (Å²) in [5, 5.41) is 3.81. The van der Waals surface area contributed by atoms with Crippen molar-refractivity contribution < 1.29 is 17.9 Å². The molecule has 3 rings (SSSR count). The normalized spacial score (nSPS) is 12.2. The zero-order valence-corrected chi connectivity index (χ0v) is 13.4. The highest BCUT2D eigenvalue weighted by atomic mass is 32.2. The van der Waals surface area contributed by atoms with Crippen LogP contribution in [0.5, 0.6) is 5.75 Å². The summed E-state index contributed by atoms with van der Waals surface area (Å²) >= 11 is 0. The monoisotopic (exact) mass is 332 g/mol. The molecule has 1 aromatic carbocycles. The molecule has 2 aromatic heterocycles. The minimum atomic E-state index is -1.14. The Kier molecular flexibility index (Phi) is 4.87. The highest BCUT2D eigenvalue weighted by Gasteiger charge is 2.13. The van der Waals surface area contributed by atoms with Gasteiger partial charge in [0.05, 0.1) is 18.6 Å². The van der Waals surface area contributed by atoms with Gasteiger partial charge >= 0.3 is 0 Å². The van der Waals surface area contributed by atoms with Crippen LogP contribution in [-0.2, 0) is 16.6 Å². The fourth-order valence-electron chi connectivity index (χ4n) is 1.99. The van der Waals surface area contributed by atoms with Crippen molar-refractivity contribution in [3.8, 4) is 17.3 Å². The minimum Gasteiger partial charge on any atom is -0.492 e. The number of furan rings is 1. The van der Waals surface area contributed by atoms with E-state index in [0.29, 0.717) is 29.8 Å². The van der Waals surface area contributed by atoms with Crippen LogP contribution < -0.4 is 4.74 Å². The molecular weight excluding hydrogens is 316 g/mol. The molecule has 0 N–H and O–H groups in total. The van der Waals surface area contributed by atoms with Gasteiger partial charge in [-0.25, -0.2) is 0 Å². The smallest absolute Gasteiger partial charge is 0.239 e. The Morgan fingerprint density at radius 3 is 2.87 bits per heavy atom. The van der Waals surface area contributed by atoms with Crippen LogP contribution in [0.4, 0.5) is 0 Å². The van der Waals surface area contributed by atoms with E-state index in [-0.39, 0.29) is 5.75 Å². The minimum absolute atomic E-state index is 0.199. The van der Waals surface area contributed by atoms with Gasteiger partial charge < -0.3 is 13.7 Å². The molecule has 0 aliphatic heterocycles. The topological polar surface area (TPSA) is 78.4 Å². The first-order chi connectivity index (χ1) is 11.2. The van der Waals surface area contributed by atoms with Crippen LogP contribution in [0.1, 0.15) is 11.5 Å². The van der Waals surface area contributed by atoms with Crippen LogP contribution in [0, 0.1) is 6.92 Å². The van der Waals surface area contributed by atoms with E-state index in [1.807, 2.05) is 31.2 Å². The first-order valence-electron chi connectivity index (χ1n) is 7.12. The van der Waals surface area contributed by atoms with Crippen LogP contribution in [-0.4, -0.2) is 26.7 Å². The van der Waals surface area contributed by atoms with Gasteiger partial charge in [0, 0.05) is 10.8 Å². The van der Waals surface area contributed by atoms with E-state index < -0.39 is 10.8 Å². The summed E-state index contributed by atoms with van der Waals surface area (Å²) in [7, 11) is -1.14. The molecule has 0 amide bonds. The Labute approximate surface area is 135 Å². The highest BCUT2D eigenvalue weighted by Crippen LogP contribution is 2.17. The third-order valence-corrected chi connectivity index (χ3v) is 4.35. The molecule has 23 heavy (non-hydrogen) atoms. The standard InChI is InChI=1S/C16H16N2O4S/c1-12-5-2-3-6-13(12)21-9-10-23(19)11-15-17-16(18-22-15)14-7-4-8-20-14/h2-8H,9-11H2,1H3/t23-/m1/s1. The predicted molar refractivity (Wildman–Crippen MR) is 85.4 cm³/mol. The molecule has 1 atom stereocenters. The molecule has 6 nitrogen and oxygen atoms in total. The molecule has 0 bridgehead atoms. The average molecular weight is 332 g/mol. The van der Waals surface area contributed by atoms with Crippen LogP contribution >= 0.6 is 0 Å². The van der Waals surface area contributed by atoms with Crippen molar-refractivity contribution in [1.29, 1.82) is 0 Å². The van der Waals surface area contributed by atoms with Crippen molar-refractivity contribution in [3.63, 3.8) is 0 Å². The number of rotatable bonds is 7. The van der Waals surface area contributed by atoms with Crippen molar-refractivity contribution in [2.45, 2.75) is 12.7 Å². The quantitative estimate of drug-likeness (QED) is 0.662. The summed E-state index contributed by atoms with van der Waals surface area (Å²) in [5.74, 6) is 2.61. The van der Waals surface area contributed by atoms with E-state index in [0.717, 1.165) is 11.3 Å². The number of aryl methyl sites for hydroxylation is 1. The number of hydrogen-bond donors (Lipinski definition) is 0. The maximum absolute atomic E-state index is 12.1. The van der Waals surface area contributed by atoms with Crippen LogP contribution in [0.2, 0.25) is 0 Å². The summed E-state index contributed by atoms with van der Waals surface area (Å²) in [5.41, 5.74) is 1.05. The van der Waals surface area contributed by atoms with Gasteiger partial charge in [0.25, 0.3) is 0 Å². The largest absolute Gasteiger partial charge is 0.492 e. The van der Waals surface area contributed by atoms with Crippen LogP contribution in [0.15, 0.2) is 51.6 Å². The lowest BCUT2D eigenvalue weighted by Gasteiger charge is -2.07. The second-order valence-electron chi connectivity index (χ2n) is 4.89. The molecule has 0 saturated heterocycles. The van der Waals surface area contributed by atoms with E-state index >= 15 is 0 Å². The average Bonchev–Trinajstić information content (AvgIpc) is 3.20. The van der Waals surface area contributed by atoms with E-state index in [4.69, 9.17) is 13.7 Å². The summed E-state index contributed by atoms with van der Waals surface area (Å²) < 4.78 is 28.0. The number of para-hydroxylation sites is 1. The summed E-state index contributed by atoms with van der Waals surface area (Å²) in [6, 6.07) is 11.2. The summed E-state index contributed by atoms with van der Waals surface area (Å²) in [4.78, 5) is 4.17. The van der Waals surface area contributed by atoms with Crippen molar-refractivity contribution in [1.82, 2.24) is 10.1 Å². The summed E-state index contributed by atoms with van der Waals surface area (Å²) in [6.45, 7) is 2.34. The molecule has 0 spiro atoms. The predicted octanol–water partition coefficient (Wildman–Crippen LogP) is 2.97. The molecule has 0 fully saturated rings. The highest BCUT2D eigenvalue weighted by molar-refractivity contribution is 7.84. The van der Waals surface area contributed by atoms with E-state index in [2.05, 4.69) is 10.1 Å². The van der Waals surface area contributed by atoms with Gasteiger partial charge in [0.2, 0.25) is 11.7 Å². The van der Waals surface area contributed by atoms with Gasteiger partial charge in [-0.15, -0.1) is 0 Å². The fraction of sp³-hybridized carbons (Fsp3) is 0.250. The van der Waals surface area contributed by atoms with Crippen LogP contribution in [0.3, 0.4) is 0 Å². The Balaban J connectivity index is 1.49. The SMILES string of the molecule is Cc1ccccc1OCC[S@@](=O)Cc1nc(-c2ccco2)no1. The molecule has 0 radical (unpaired) electrons. The molecule has 120 valence electrons. The molecule has 2 heterocycles. The fourth-order valence-corrected chi connectivity index (χ4v) is 2.80. The van der Waals surface area contributed by atoms with Crippen molar-refractivity contribution in [3.05, 3.63) is 54.1 Å². The summed E-state index contributed by atoms with van der Waals surface area (Å²) in [6.07, 6.45) is 1.53. The number of benzene rings is 1. The Bertz CT molecular complexity index is 783. The first kappa shape index (κ1) is 15.5. The third kappa shape index (κ3) is 4.07. The van der Waals surface area contributed by atoms with E-state index in [1.165, 1.54) is 6.26 Å². The third-order valence-electron chi connectivity index (χ3n) is 3.16. The first-order valence-corrected chi connectivity index (χ1v) is 8.61. The Morgan fingerprint density at radius 1 is 1.22 bits per heavy atom. The van der Waals surface area contributed by atoms with Gasteiger partial charge in [0.1, 0.15) is 11.5 Å². The lowest BCUT2D eigenvalue weighted by molar-refractivity contribution is 0.340. The molecular formula is C16H16N2O4S. The van der Waals surface area contributed by atoms with Crippen molar-refractivity contribution >= 4 is 10.8 Å². The van der Waals surface area contributed by atoms with Gasteiger partial charge in [-0.05, 0) is 30.7 Å². The molecule has 0 saturated carbocycles. The van der Waals surface area contributed by atoms with E-state index in [1.54, 1.807) is 12.1 Å². The molecule has 7 heteroatoms. The van der Waals surface area contributed by atoms with Gasteiger partial charge in [0.15, 0.2) is 5.76 Å². The van der Waals surface area contributed by atoms with Crippen molar-refractivity contribution in [2.24, 2.45) is 0 Å². The maximum atomic E-state index is 12.1. The zero-order chi connectivity index (χ0) is 16.1.